The van der Waals surface area contributed by atoms with E-state index >= 15 is 0 Å². The van der Waals surface area contributed by atoms with Gasteiger partial charge in [-0.3, -0.25) is 0 Å². The molecule has 1 rings (SSSR count). The average molecular weight is 225 g/mol. The van der Waals surface area contributed by atoms with Crippen LogP contribution in [0.4, 0.5) is 0 Å². The molecule has 0 aliphatic heterocycles. The molecule has 0 bridgehead atoms. The zero-order valence-corrected chi connectivity index (χ0v) is 11.5. The van der Waals surface area contributed by atoms with Crippen LogP contribution in [0.25, 0.3) is 0 Å². The highest BCUT2D eigenvalue weighted by Crippen LogP contribution is 1.96. The molecule has 3 heteroatoms. The molecule has 0 saturated carbocycles. The number of rotatable bonds is 6. The summed E-state index contributed by atoms with van der Waals surface area (Å²) in [7, 11) is 0. The van der Waals surface area contributed by atoms with E-state index in [0.717, 1.165) is 31.4 Å². The van der Waals surface area contributed by atoms with E-state index < -0.39 is 0 Å². The Kier molecular flexibility index (Phi) is 8.91. The van der Waals surface area contributed by atoms with Gasteiger partial charge in [-0.05, 0) is 32.4 Å². The topological polar surface area (TPSA) is 29.9 Å². The Morgan fingerprint density at radius 3 is 2.56 bits per heavy atom. The van der Waals surface area contributed by atoms with Crippen molar-refractivity contribution >= 4 is 0 Å². The summed E-state index contributed by atoms with van der Waals surface area (Å²) in [5, 5.41) is 3.43. The molecule has 0 fully saturated rings. The smallest absolute Gasteiger partial charge is 0.105 e. The first-order valence-electron chi connectivity index (χ1n) is 6.38. The van der Waals surface area contributed by atoms with Crippen molar-refractivity contribution in [3.8, 4) is 0 Å². The number of hydrogen-bond acceptors (Lipinski definition) is 2. The van der Waals surface area contributed by atoms with Crippen LogP contribution in [0.15, 0.2) is 12.4 Å². The molecule has 1 N–H and O–H groups in total. The molecule has 0 atom stereocenters. The Bertz CT molecular complexity index is 253. The Balaban J connectivity index is 0.00000106. The molecule has 0 aliphatic rings. The van der Waals surface area contributed by atoms with E-state index in [4.69, 9.17) is 0 Å². The third-order valence-electron chi connectivity index (χ3n) is 2.23. The fourth-order valence-electron chi connectivity index (χ4n) is 1.41. The third-order valence-corrected chi connectivity index (χ3v) is 2.23. The minimum absolute atomic E-state index is 0.741. The van der Waals surface area contributed by atoms with Crippen LogP contribution in [0.5, 0.6) is 0 Å². The summed E-state index contributed by atoms with van der Waals surface area (Å²) < 4.78 is 2.19. The van der Waals surface area contributed by atoms with Crippen LogP contribution in [0.1, 0.15) is 39.9 Å². The molecular formula is C13H27N3. The summed E-state index contributed by atoms with van der Waals surface area (Å²) in [4.78, 5) is 4.19. The number of hydrogen-bond donors (Lipinski definition) is 1. The van der Waals surface area contributed by atoms with Crippen molar-refractivity contribution in [3.63, 3.8) is 0 Å². The molecule has 0 amide bonds. The lowest BCUT2D eigenvalue weighted by Gasteiger charge is -2.08. The summed E-state index contributed by atoms with van der Waals surface area (Å²) in [6.45, 7) is 13.8. The molecule has 0 saturated heterocycles. The highest BCUT2D eigenvalue weighted by atomic mass is 15.1. The maximum Gasteiger partial charge on any atom is 0.105 e. The first-order valence-corrected chi connectivity index (χ1v) is 6.38. The van der Waals surface area contributed by atoms with Crippen LogP contribution in [-0.4, -0.2) is 22.6 Å². The van der Waals surface area contributed by atoms with Gasteiger partial charge >= 0.3 is 0 Å². The minimum Gasteiger partial charge on any atom is -0.335 e. The van der Waals surface area contributed by atoms with Gasteiger partial charge in [0.05, 0.1) is 0 Å². The summed E-state index contributed by atoms with van der Waals surface area (Å²) in [5.74, 6) is 1.85. The lowest BCUT2D eigenvalue weighted by atomic mass is 10.2. The van der Waals surface area contributed by atoms with Gasteiger partial charge in [0, 0.05) is 18.9 Å². The fraction of sp³-hybridized carbons (Fsp3) is 0.769. The first kappa shape index (κ1) is 15.2. The first-order chi connectivity index (χ1) is 7.70. The van der Waals surface area contributed by atoms with Crippen LogP contribution in [0, 0.1) is 12.8 Å². The lowest BCUT2D eigenvalue weighted by Crippen LogP contribution is -2.21. The molecule has 16 heavy (non-hydrogen) atoms. The highest BCUT2D eigenvalue weighted by molar-refractivity contribution is 4.88. The quantitative estimate of drug-likeness (QED) is 0.754. The van der Waals surface area contributed by atoms with E-state index in [2.05, 4.69) is 28.7 Å². The Labute approximate surface area is 100 Å². The van der Waals surface area contributed by atoms with E-state index in [1.54, 1.807) is 0 Å². The normalized spacial score (nSPS) is 10.1. The zero-order chi connectivity index (χ0) is 12.4. The van der Waals surface area contributed by atoms with Crippen molar-refractivity contribution in [2.75, 3.05) is 13.1 Å². The molecular weight excluding hydrogens is 198 g/mol. The van der Waals surface area contributed by atoms with Crippen molar-refractivity contribution in [1.29, 1.82) is 0 Å². The molecule has 3 nitrogen and oxygen atoms in total. The van der Waals surface area contributed by atoms with Crippen LogP contribution < -0.4 is 5.32 Å². The summed E-state index contributed by atoms with van der Waals surface area (Å²) in [6.07, 6.45) is 5.07. The Morgan fingerprint density at radius 2 is 2.06 bits per heavy atom. The average Bonchev–Trinajstić information content (AvgIpc) is 2.66. The molecule has 94 valence electrons. The number of aromatic nitrogens is 2. The number of imidazole rings is 1. The Hall–Kier alpha value is -0.830. The lowest BCUT2D eigenvalue weighted by molar-refractivity contribution is 0.519. The standard InChI is InChI=1S/C11H21N3.C2H6/c1-10(2)9-12-5-4-7-14-8-6-13-11(14)3;1-2/h6,8,10,12H,4-5,7,9H2,1-3H3;1-2H3. The van der Waals surface area contributed by atoms with E-state index in [-0.39, 0.29) is 0 Å². The molecule has 0 unspecified atom stereocenters. The van der Waals surface area contributed by atoms with E-state index in [1.165, 1.54) is 6.42 Å². The minimum atomic E-state index is 0.741. The fourth-order valence-corrected chi connectivity index (χ4v) is 1.41. The molecule has 0 aliphatic carbocycles. The van der Waals surface area contributed by atoms with Crippen LogP contribution in [0.2, 0.25) is 0 Å². The predicted octanol–water partition coefficient (Wildman–Crippen LogP) is 2.85. The SMILES string of the molecule is CC.Cc1nccn1CCCNCC(C)C. The van der Waals surface area contributed by atoms with Gasteiger partial charge in [0.1, 0.15) is 5.82 Å². The van der Waals surface area contributed by atoms with Gasteiger partial charge in [-0.1, -0.05) is 27.7 Å². The van der Waals surface area contributed by atoms with Crippen molar-refractivity contribution in [3.05, 3.63) is 18.2 Å². The monoisotopic (exact) mass is 225 g/mol. The van der Waals surface area contributed by atoms with Gasteiger partial charge in [0.2, 0.25) is 0 Å². The van der Waals surface area contributed by atoms with E-state index in [1.807, 2.05) is 33.2 Å². The number of nitrogens with one attached hydrogen (secondary N) is 1. The third kappa shape index (κ3) is 6.62. The van der Waals surface area contributed by atoms with Gasteiger partial charge in [-0.2, -0.15) is 0 Å². The predicted molar refractivity (Wildman–Crippen MR) is 70.6 cm³/mol. The van der Waals surface area contributed by atoms with Gasteiger partial charge in [-0.25, -0.2) is 4.98 Å². The summed E-state index contributed by atoms with van der Waals surface area (Å²) in [5.41, 5.74) is 0. The van der Waals surface area contributed by atoms with Gasteiger partial charge in [0.15, 0.2) is 0 Å². The molecule has 1 aromatic heterocycles. The second kappa shape index (κ2) is 9.40. The maximum absolute atomic E-state index is 4.19. The van der Waals surface area contributed by atoms with Crippen LogP contribution >= 0.6 is 0 Å². The highest BCUT2D eigenvalue weighted by Gasteiger charge is 1.96. The van der Waals surface area contributed by atoms with Gasteiger partial charge in [-0.15, -0.1) is 0 Å². The second-order valence-corrected chi connectivity index (χ2v) is 4.12. The molecule has 0 radical (unpaired) electrons. The molecule has 0 spiro atoms. The van der Waals surface area contributed by atoms with Crippen molar-refractivity contribution in [2.45, 2.75) is 47.6 Å². The van der Waals surface area contributed by atoms with Gasteiger partial charge < -0.3 is 9.88 Å². The number of nitrogens with zero attached hydrogens (tertiary/aromatic N) is 2. The van der Waals surface area contributed by atoms with Crippen molar-refractivity contribution < 1.29 is 0 Å². The zero-order valence-electron chi connectivity index (χ0n) is 11.5. The van der Waals surface area contributed by atoms with Crippen molar-refractivity contribution in [2.24, 2.45) is 5.92 Å². The largest absolute Gasteiger partial charge is 0.335 e. The Morgan fingerprint density at radius 1 is 1.38 bits per heavy atom. The van der Waals surface area contributed by atoms with Crippen LogP contribution in [-0.2, 0) is 6.54 Å². The molecule has 1 heterocycles. The molecule has 1 aromatic rings. The van der Waals surface area contributed by atoms with E-state index in [0.29, 0.717) is 0 Å². The molecule has 0 aromatic carbocycles. The number of aryl methyl sites for hydroxylation is 2. The van der Waals surface area contributed by atoms with Gasteiger partial charge in [0.25, 0.3) is 0 Å². The second-order valence-electron chi connectivity index (χ2n) is 4.12. The van der Waals surface area contributed by atoms with Crippen molar-refractivity contribution in [1.82, 2.24) is 14.9 Å². The van der Waals surface area contributed by atoms with Crippen LogP contribution in [0.3, 0.4) is 0 Å². The maximum atomic E-state index is 4.19. The summed E-state index contributed by atoms with van der Waals surface area (Å²) in [6, 6.07) is 0. The van der Waals surface area contributed by atoms with E-state index in [9.17, 15) is 0 Å². The summed E-state index contributed by atoms with van der Waals surface area (Å²) >= 11 is 0.